The standard InChI is InChI=1S/C51H85NO13/c1-3-5-7-9-10-11-12-13-14-15-16-17-18-19-20-21-22-23-24-25-26-27-28-29-30-31-33-35-43(56)52-39(40(55)34-32-8-6-4-2)38-62-50-48(61)46(59)49(42(37-54)64-50)65-51-47(60)45(58)44(57)41(36-53)63-51/h5,7,10-11,13-14,16-17,19-20,22-23,25-26,39-42,44-51,53-55,57-61H,3-4,6,8-9,12,15,18,21,24,27-38H2,1-2H3,(H,52,56)/b7-5-,11-10-,14-13-,17-16-,20-19-,23-22-,26-25-. The molecule has 0 bridgehead atoms. The third kappa shape index (κ3) is 24.7. The van der Waals surface area contributed by atoms with Gasteiger partial charge in [-0.1, -0.05) is 144 Å². The van der Waals surface area contributed by atoms with E-state index in [-0.39, 0.29) is 18.9 Å². The third-order valence-electron chi connectivity index (χ3n) is 11.4. The minimum atomic E-state index is -1.79. The van der Waals surface area contributed by atoms with Crippen LogP contribution in [0.5, 0.6) is 0 Å². The predicted molar refractivity (Wildman–Crippen MR) is 253 cm³/mol. The zero-order valence-electron chi connectivity index (χ0n) is 39.2. The van der Waals surface area contributed by atoms with Crippen LogP contribution in [0.1, 0.15) is 136 Å². The van der Waals surface area contributed by atoms with Gasteiger partial charge in [0.05, 0.1) is 32.0 Å². The number of carbonyl (C=O) groups is 1. The number of amides is 1. The van der Waals surface area contributed by atoms with Gasteiger partial charge in [-0.15, -0.1) is 0 Å². The molecular formula is C51H85NO13. The molecule has 0 radical (unpaired) electrons. The number of aliphatic hydroxyl groups excluding tert-OH is 8. The van der Waals surface area contributed by atoms with Crippen LogP contribution in [0, 0.1) is 0 Å². The van der Waals surface area contributed by atoms with Gasteiger partial charge in [0.25, 0.3) is 0 Å². The van der Waals surface area contributed by atoms with Gasteiger partial charge in [-0.3, -0.25) is 4.79 Å². The topological polar surface area (TPSA) is 228 Å². The lowest BCUT2D eigenvalue weighted by molar-refractivity contribution is -0.359. The molecule has 14 heteroatoms. The monoisotopic (exact) mass is 920 g/mol. The molecule has 14 nitrogen and oxygen atoms in total. The molecule has 65 heavy (non-hydrogen) atoms. The van der Waals surface area contributed by atoms with Gasteiger partial charge in [0, 0.05) is 6.42 Å². The second kappa shape index (κ2) is 37.2. The molecule has 0 aromatic heterocycles. The normalized spacial score (nSPS) is 27.8. The average Bonchev–Trinajstić information content (AvgIpc) is 3.30. The van der Waals surface area contributed by atoms with Crippen molar-refractivity contribution in [2.75, 3.05) is 19.8 Å². The Bertz CT molecular complexity index is 1410. The fourth-order valence-electron chi connectivity index (χ4n) is 7.39. The number of unbranched alkanes of at least 4 members (excludes halogenated alkanes) is 8. The van der Waals surface area contributed by atoms with Gasteiger partial charge in [-0.05, 0) is 70.6 Å². The van der Waals surface area contributed by atoms with Gasteiger partial charge in [-0.25, -0.2) is 0 Å². The molecule has 0 aromatic carbocycles. The molecule has 0 aliphatic carbocycles. The summed E-state index contributed by atoms with van der Waals surface area (Å²) < 4.78 is 22.5. The van der Waals surface area contributed by atoms with E-state index >= 15 is 0 Å². The number of hydrogen-bond donors (Lipinski definition) is 9. The molecule has 372 valence electrons. The van der Waals surface area contributed by atoms with Crippen LogP contribution in [0.3, 0.4) is 0 Å². The summed E-state index contributed by atoms with van der Waals surface area (Å²) >= 11 is 0. The minimum absolute atomic E-state index is 0.241. The lowest BCUT2D eigenvalue weighted by Crippen LogP contribution is -2.65. The van der Waals surface area contributed by atoms with Crippen molar-refractivity contribution < 1.29 is 64.6 Å². The van der Waals surface area contributed by atoms with Crippen molar-refractivity contribution in [3.63, 3.8) is 0 Å². The van der Waals surface area contributed by atoms with Crippen LogP contribution >= 0.6 is 0 Å². The maximum atomic E-state index is 13.0. The van der Waals surface area contributed by atoms with Gasteiger partial charge in [0.1, 0.15) is 48.8 Å². The highest BCUT2D eigenvalue weighted by Crippen LogP contribution is 2.30. The number of allylic oxidation sites excluding steroid dienone is 14. The molecule has 0 saturated carbocycles. The minimum Gasteiger partial charge on any atom is -0.394 e. The average molecular weight is 920 g/mol. The van der Waals surface area contributed by atoms with Crippen molar-refractivity contribution in [1.82, 2.24) is 5.32 Å². The van der Waals surface area contributed by atoms with Crippen LogP contribution in [-0.4, -0.2) is 140 Å². The second-order valence-corrected chi connectivity index (χ2v) is 16.9. The Hall–Kier alpha value is -2.83. The number of carbonyl (C=O) groups excluding carboxylic acids is 1. The first-order chi connectivity index (χ1) is 31.6. The largest absolute Gasteiger partial charge is 0.394 e. The fraction of sp³-hybridized carbons (Fsp3) is 0.706. The van der Waals surface area contributed by atoms with Crippen molar-refractivity contribution in [3.8, 4) is 0 Å². The lowest BCUT2D eigenvalue weighted by Gasteiger charge is -2.46. The van der Waals surface area contributed by atoms with E-state index in [0.717, 1.165) is 103 Å². The summed E-state index contributed by atoms with van der Waals surface area (Å²) in [5.41, 5.74) is 0. The van der Waals surface area contributed by atoms with Crippen LogP contribution in [0.2, 0.25) is 0 Å². The molecule has 2 heterocycles. The molecule has 2 fully saturated rings. The van der Waals surface area contributed by atoms with E-state index in [1.54, 1.807) is 0 Å². The summed E-state index contributed by atoms with van der Waals surface area (Å²) in [6, 6.07) is -0.840. The molecule has 2 aliphatic heterocycles. The van der Waals surface area contributed by atoms with E-state index in [9.17, 15) is 45.6 Å². The van der Waals surface area contributed by atoms with E-state index < -0.39 is 86.8 Å². The summed E-state index contributed by atoms with van der Waals surface area (Å²) in [5, 5.41) is 86.1. The maximum Gasteiger partial charge on any atom is 0.220 e. The number of hydrogen-bond acceptors (Lipinski definition) is 13. The molecule has 12 unspecified atom stereocenters. The number of ether oxygens (including phenoxy) is 4. The maximum absolute atomic E-state index is 13.0. The van der Waals surface area contributed by atoms with Crippen LogP contribution in [0.4, 0.5) is 0 Å². The van der Waals surface area contributed by atoms with Crippen LogP contribution in [0.25, 0.3) is 0 Å². The van der Waals surface area contributed by atoms with E-state index in [1.165, 1.54) is 0 Å². The molecule has 2 saturated heterocycles. The molecule has 0 spiro atoms. The highest BCUT2D eigenvalue weighted by atomic mass is 16.7. The first-order valence-electron chi connectivity index (χ1n) is 24.3. The van der Waals surface area contributed by atoms with Gasteiger partial charge >= 0.3 is 0 Å². The molecule has 2 rings (SSSR count). The molecule has 2 aliphatic rings. The van der Waals surface area contributed by atoms with Crippen molar-refractivity contribution in [2.24, 2.45) is 0 Å². The summed E-state index contributed by atoms with van der Waals surface area (Å²) in [7, 11) is 0. The number of aliphatic hydroxyl groups is 8. The van der Waals surface area contributed by atoms with Crippen LogP contribution < -0.4 is 5.32 Å². The first-order valence-corrected chi connectivity index (χ1v) is 24.3. The molecule has 12 atom stereocenters. The highest BCUT2D eigenvalue weighted by Gasteiger charge is 2.51. The lowest BCUT2D eigenvalue weighted by atomic mass is 9.97. The Morgan fingerprint density at radius 1 is 0.569 bits per heavy atom. The van der Waals surface area contributed by atoms with E-state index in [4.69, 9.17) is 18.9 Å². The summed E-state index contributed by atoms with van der Waals surface area (Å²) in [6.45, 7) is 2.55. The first kappa shape index (κ1) is 58.3. The SMILES string of the molecule is CC/C=C\C/C=C\C/C=C\C/C=C\C/C=C\C/C=C\C/C=C\CCCCCCCC(=O)NC(COC1OC(CO)C(OC2OC(CO)C(O)C(O)C2O)C(O)C1O)C(O)CCCCCC. The zero-order chi connectivity index (χ0) is 47.5. The second-order valence-electron chi connectivity index (χ2n) is 16.9. The fourth-order valence-corrected chi connectivity index (χ4v) is 7.39. The molecular weight excluding hydrogens is 835 g/mol. The molecule has 9 N–H and O–H groups in total. The summed E-state index contributed by atoms with van der Waals surface area (Å²) in [5.74, 6) is -0.241. The summed E-state index contributed by atoms with van der Waals surface area (Å²) in [6.07, 6.45) is 31.0. The quantitative estimate of drug-likeness (QED) is 0.0270. The summed E-state index contributed by atoms with van der Waals surface area (Å²) in [4.78, 5) is 13.0. The van der Waals surface area contributed by atoms with Crippen molar-refractivity contribution in [1.29, 1.82) is 0 Å². The Morgan fingerprint density at radius 2 is 1.06 bits per heavy atom. The van der Waals surface area contributed by atoms with Crippen molar-refractivity contribution in [3.05, 3.63) is 85.1 Å². The van der Waals surface area contributed by atoms with E-state index in [0.29, 0.717) is 12.8 Å². The van der Waals surface area contributed by atoms with Crippen LogP contribution in [0.15, 0.2) is 85.1 Å². The smallest absolute Gasteiger partial charge is 0.220 e. The molecule has 0 aromatic rings. The van der Waals surface area contributed by atoms with Gasteiger partial charge < -0.3 is 65.1 Å². The molecule has 1 amide bonds. The Balaban J connectivity index is 1.67. The van der Waals surface area contributed by atoms with E-state index in [1.807, 2.05) is 0 Å². The van der Waals surface area contributed by atoms with Crippen molar-refractivity contribution in [2.45, 2.75) is 209 Å². The van der Waals surface area contributed by atoms with Crippen molar-refractivity contribution >= 4 is 5.91 Å². The Labute approximate surface area is 389 Å². The number of rotatable bonds is 35. The van der Waals surface area contributed by atoms with Gasteiger partial charge in [0.15, 0.2) is 12.6 Å². The van der Waals surface area contributed by atoms with E-state index in [2.05, 4.69) is 104 Å². The Morgan fingerprint density at radius 3 is 1.62 bits per heavy atom. The Kier molecular flexibility index (Phi) is 33.4. The van der Waals surface area contributed by atoms with Gasteiger partial charge in [0.2, 0.25) is 5.91 Å². The highest BCUT2D eigenvalue weighted by molar-refractivity contribution is 5.76. The number of nitrogens with one attached hydrogen (secondary N) is 1. The van der Waals surface area contributed by atoms with Crippen LogP contribution in [-0.2, 0) is 23.7 Å². The van der Waals surface area contributed by atoms with Gasteiger partial charge in [-0.2, -0.15) is 0 Å². The third-order valence-corrected chi connectivity index (χ3v) is 11.4. The predicted octanol–water partition coefficient (Wildman–Crippen LogP) is 5.82. The zero-order valence-corrected chi connectivity index (χ0v) is 39.2.